The molecule has 1 atom stereocenters. The van der Waals surface area contributed by atoms with Gasteiger partial charge in [-0.15, -0.1) is 10.2 Å². The van der Waals surface area contributed by atoms with E-state index in [2.05, 4.69) is 45.5 Å². The molecular weight excluding hydrogens is 350 g/mol. The van der Waals surface area contributed by atoms with Crippen molar-refractivity contribution in [1.29, 1.82) is 0 Å². The summed E-state index contributed by atoms with van der Waals surface area (Å²) in [6.45, 7) is 5.91. The Morgan fingerprint density at radius 3 is 2.96 bits per heavy atom. The Morgan fingerprint density at radius 2 is 2.23 bits per heavy atom. The number of amides is 1. The summed E-state index contributed by atoms with van der Waals surface area (Å²) in [5.74, 6) is 1.83. The van der Waals surface area contributed by atoms with E-state index in [1.807, 2.05) is 0 Å². The van der Waals surface area contributed by atoms with E-state index in [4.69, 9.17) is 4.52 Å². The Balaban J connectivity index is 1.30. The van der Waals surface area contributed by atoms with Crippen LogP contribution >= 0.6 is 11.3 Å². The van der Waals surface area contributed by atoms with Gasteiger partial charge in [0.05, 0.1) is 6.04 Å². The number of nitrogens with one attached hydrogen (secondary N) is 1. The van der Waals surface area contributed by atoms with Gasteiger partial charge in [-0.3, -0.25) is 9.69 Å². The second-order valence-corrected chi connectivity index (χ2v) is 8.53. The molecule has 0 bridgehead atoms. The zero-order valence-corrected chi connectivity index (χ0v) is 16.1. The molecule has 2 aromatic rings. The van der Waals surface area contributed by atoms with Crippen LogP contribution in [-0.4, -0.2) is 39.3 Å². The second-order valence-electron chi connectivity index (χ2n) is 7.52. The van der Waals surface area contributed by atoms with E-state index in [1.54, 1.807) is 0 Å². The number of nitrogens with zero attached hydrogens (tertiary/aromatic N) is 4. The standard InChI is InChI=1S/C18H25N5O2S/c1-11(2)15-10-13(22-25-15)14-4-3-8-23(14)9-7-16(24)19-18-21-20-17(26-18)12-5-6-12/h10-12,14H,3-9H2,1-2H3,(H,19,21,24)/t14-/m1/s1. The molecule has 1 aliphatic carbocycles. The second kappa shape index (κ2) is 7.44. The van der Waals surface area contributed by atoms with E-state index < -0.39 is 0 Å². The van der Waals surface area contributed by atoms with Gasteiger partial charge in [0.1, 0.15) is 16.5 Å². The summed E-state index contributed by atoms with van der Waals surface area (Å²) in [6.07, 6.45) is 5.02. The molecule has 1 saturated heterocycles. The summed E-state index contributed by atoms with van der Waals surface area (Å²) >= 11 is 1.50. The minimum absolute atomic E-state index is 0.00262. The van der Waals surface area contributed by atoms with E-state index in [9.17, 15) is 4.79 Å². The third-order valence-electron chi connectivity index (χ3n) is 5.06. The minimum atomic E-state index is -0.00262. The highest BCUT2D eigenvalue weighted by atomic mass is 32.1. The maximum absolute atomic E-state index is 12.3. The van der Waals surface area contributed by atoms with Gasteiger partial charge in [-0.25, -0.2) is 0 Å². The summed E-state index contributed by atoms with van der Waals surface area (Å²) in [5.41, 5.74) is 0.991. The van der Waals surface area contributed by atoms with Crippen LogP contribution < -0.4 is 5.32 Å². The van der Waals surface area contributed by atoms with Crippen molar-refractivity contribution in [3.63, 3.8) is 0 Å². The first-order valence-corrected chi connectivity index (χ1v) is 10.3. The van der Waals surface area contributed by atoms with Gasteiger partial charge < -0.3 is 9.84 Å². The van der Waals surface area contributed by atoms with Crippen LogP contribution in [0.15, 0.2) is 10.6 Å². The minimum Gasteiger partial charge on any atom is -0.361 e. The highest BCUT2D eigenvalue weighted by molar-refractivity contribution is 7.15. The Bertz CT molecular complexity index is 767. The maximum Gasteiger partial charge on any atom is 0.227 e. The van der Waals surface area contributed by atoms with Crippen molar-refractivity contribution in [3.05, 3.63) is 22.5 Å². The molecular formula is C18H25N5O2S. The fraction of sp³-hybridized carbons (Fsp3) is 0.667. The summed E-state index contributed by atoms with van der Waals surface area (Å²) < 4.78 is 5.45. The molecule has 26 heavy (non-hydrogen) atoms. The fourth-order valence-electron chi connectivity index (χ4n) is 3.37. The summed E-state index contributed by atoms with van der Waals surface area (Å²) in [4.78, 5) is 14.6. The van der Waals surface area contributed by atoms with Crippen LogP contribution in [0.5, 0.6) is 0 Å². The molecule has 4 rings (SSSR count). The van der Waals surface area contributed by atoms with Gasteiger partial charge in [-0.1, -0.05) is 30.3 Å². The number of anilines is 1. The number of hydrogen-bond donors (Lipinski definition) is 1. The Morgan fingerprint density at radius 1 is 1.38 bits per heavy atom. The van der Waals surface area contributed by atoms with E-state index in [0.717, 1.165) is 35.8 Å². The number of hydrogen-bond acceptors (Lipinski definition) is 7. The lowest BCUT2D eigenvalue weighted by Crippen LogP contribution is -2.27. The summed E-state index contributed by atoms with van der Waals surface area (Å²) in [7, 11) is 0. The lowest BCUT2D eigenvalue weighted by molar-refractivity contribution is -0.116. The third-order valence-corrected chi connectivity index (χ3v) is 6.06. The first-order chi connectivity index (χ1) is 12.6. The average molecular weight is 375 g/mol. The maximum atomic E-state index is 12.3. The van der Waals surface area contributed by atoms with Crippen molar-refractivity contribution in [2.45, 2.75) is 63.8 Å². The largest absolute Gasteiger partial charge is 0.361 e. The quantitative estimate of drug-likeness (QED) is 0.794. The van der Waals surface area contributed by atoms with Crippen LogP contribution in [0.1, 0.15) is 80.3 Å². The van der Waals surface area contributed by atoms with Crippen molar-refractivity contribution in [2.24, 2.45) is 0 Å². The molecule has 1 N–H and O–H groups in total. The van der Waals surface area contributed by atoms with Gasteiger partial charge in [-0.2, -0.15) is 0 Å². The van der Waals surface area contributed by atoms with E-state index in [1.165, 1.54) is 24.2 Å². The predicted octanol–water partition coefficient (Wildman–Crippen LogP) is 3.69. The van der Waals surface area contributed by atoms with E-state index in [-0.39, 0.29) is 11.9 Å². The molecule has 7 nitrogen and oxygen atoms in total. The molecule has 2 aliphatic rings. The average Bonchev–Trinajstić information content (AvgIpc) is 3.04. The Labute approximate surface area is 157 Å². The Kier molecular flexibility index (Phi) is 5.04. The molecule has 0 radical (unpaired) electrons. The van der Waals surface area contributed by atoms with Crippen LogP contribution in [0, 0.1) is 0 Å². The molecule has 0 aromatic carbocycles. The first kappa shape index (κ1) is 17.6. The van der Waals surface area contributed by atoms with Crippen LogP contribution in [0.25, 0.3) is 0 Å². The van der Waals surface area contributed by atoms with Crippen LogP contribution in [-0.2, 0) is 4.79 Å². The van der Waals surface area contributed by atoms with Crippen LogP contribution in [0.2, 0.25) is 0 Å². The third kappa shape index (κ3) is 3.96. The Hall–Kier alpha value is -1.80. The molecule has 2 fully saturated rings. The van der Waals surface area contributed by atoms with E-state index in [0.29, 0.717) is 29.9 Å². The number of carbonyl (C=O) groups is 1. The number of rotatable bonds is 7. The molecule has 2 aromatic heterocycles. The van der Waals surface area contributed by atoms with Gasteiger partial charge >= 0.3 is 0 Å². The normalized spacial score (nSPS) is 20.8. The molecule has 3 heterocycles. The monoisotopic (exact) mass is 375 g/mol. The highest BCUT2D eigenvalue weighted by Crippen LogP contribution is 2.42. The molecule has 1 saturated carbocycles. The van der Waals surface area contributed by atoms with Crippen LogP contribution in [0.4, 0.5) is 5.13 Å². The first-order valence-electron chi connectivity index (χ1n) is 9.44. The summed E-state index contributed by atoms with van der Waals surface area (Å²) in [6, 6.07) is 2.32. The molecule has 1 amide bonds. The van der Waals surface area contributed by atoms with Crippen molar-refractivity contribution >= 4 is 22.4 Å². The van der Waals surface area contributed by atoms with Gasteiger partial charge in [0.15, 0.2) is 0 Å². The van der Waals surface area contributed by atoms with Gasteiger partial charge in [0.2, 0.25) is 11.0 Å². The van der Waals surface area contributed by atoms with Gasteiger partial charge in [0, 0.05) is 30.9 Å². The van der Waals surface area contributed by atoms with E-state index >= 15 is 0 Å². The van der Waals surface area contributed by atoms with Crippen molar-refractivity contribution in [3.8, 4) is 0 Å². The van der Waals surface area contributed by atoms with Crippen molar-refractivity contribution in [1.82, 2.24) is 20.3 Å². The lowest BCUT2D eigenvalue weighted by Gasteiger charge is -2.22. The zero-order valence-electron chi connectivity index (χ0n) is 15.3. The molecule has 140 valence electrons. The fourth-order valence-corrected chi connectivity index (χ4v) is 4.30. The van der Waals surface area contributed by atoms with Gasteiger partial charge in [0.25, 0.3) is 0 Å². The summed E-state index contributed by atoms with van der Waals surface area (Å²) in [5, 5.41) is 17.1. The van der Waals surface area contributed by atoms with Crippen LogP contribution in [0.3, 0.4) is 0 Å². The predicted molar refractivity (Wildman–Crippen MR) is 99.3 cm³/mol. The number of carbonyl (C=O) groups excluding carboxylic acids is 1. The molecule has 1 aliphatic heterocycles. The van der Waals surface area contributed by atoms with Gasteiger partial charge in [-0.05, 0) is 32.2 Å². The zero-order chi connectivity index (χ0) is 18.1. The number of aromatic nitrogens is 3. The lowest BCUT2D eigenvalue weighted by atomic mass is 10.1. The highest BCUT2D eigenvalue weighted by Gasteiger charge is 2.30. The SMILES string of the molecule is CC(C)c1cc([C@H]2CCCN2CCC(=O)Nc2nnc(C3CC3)s2)no1. The molecule has 0 unspecified atom stereocenters. The van der Waals surface area contributed by atoms with Crippen molar-refractivity contribution < 1.29 is 9.32 Å². The smallest absolute Gasteiger partial charge is 0.227 e. The molecule has 8 heteroatoms. The van der Waals surface area contributed by atoms with Crippen molar-refractivity contribution in [2.75, 3.05) is 18.4 Å². The number of likely N-dealkylation sites (tertiary alicyclic amines) is 1. The topological polar surface area (TPSA) is 84.2 Å². The molecule has 0 spiro atoms.